The van der Waals surface area contributed by atoms with Crippen LogP contribution in [0.15, 0.2) is 12.7 Å². The molecule has 0 aromatic rings. The van der Waals surface area contributed by atoms with Gasteiger partial charge >= 0.3 is 0 Å². The summed E-state index contributed by atoms with van der Waals surface area (Å²) < 4.78 is 0.257. The average Bonchev–Trinajstić information content (AvgIpc) is 1.99. The maximum atomic E-state index is 10.9. The summed E-state index contributed by atoms with van der Waals surface area (Å²) in [5.41, 5.74) is 0. The number of hydrogen-bond donors (Lipinski definition) is 1. The third-order valence-corrected chi connectivity index (χ3v) is 2.87. The Morgan fingerprint density at radius 3 is 2.54 bits per heavy atom. The quantitative estimate of drug-likeness (QED) is 0.707. The van der Waals surface area contributed by atoms with Gasteiger partial charge in [-0.05, 0) is 13.0 Å². The van der Waals surface area contributed by atoms with Crippen LogP contribution in [0.25, 0.3) is 0 Å². The predicted octanol–water partition coefficient (Wildman–Crippen LogP) is 2.21. The van der Waals surface area contributed by atoms with E-state index >= 15 is 0 Å². The van der Waals surface area contributed by atoms with Crippen molar-refractivity contribution < 1.29 is 4.79 Å². The number of carbonyl (C=O) groups is 1. The smallest absolute Gasteiger partial charge is 0.243 e. The maximum Gasteiger partial charge on any atom is 0.243 e. The minimum Gasteiger partial charge on any atom is -0.349 e. The van der Waals surface area contributed by atoms with Crippen LogP contribution in [-0.2, 0) is 4.79 Å². The molecule has 0 aliphatic carbocycles. The van der Waals surface area contributed by atoms with Gasteiger partial charge < -0.3 is 5.32 Å². The van der Waals surface area contributed by atoms with Gasteiger partial charge in [0.25, 0.3) is 0 Å². The Labute approximate surface area is 85.2 Å². The van der Waals surface area contributed by atoms with E-state index in [4.69, 9.17) is 0 Å². The van der Waals surface area contributed by atoms with E-state index < -0.39 is 0 Å². The molecule has 76 valence electrons. The standard InChI is InChI=1S/C10H19NOS/c1-6-9(12)11-8(2)7-13-10(3,4)5/h6,8H,1,7H2,2-5H3,(H,11,12). The highest BCUT2D eigenvalue weighted by atomic mass is 32.2. The molecule has 0 saturated heterocycles. The first-order valence-corrected chi connectivity index (χ1v) is 5.40. The fraction of sp³-hybridized carbons (Fsp3) is 0.700. The monoisotopic (exact) mass is 201 g/mol. The largest absolute Gasteiger partial charge is 0.349 e. The molecule has 0 aromatic heterocycles. The molecule has 0 saturated carbocycles. The number of amides is 1. The van der Waals surface area contributed by atoms with E-state index in [0.29, 0.717) is 0 Å². The van der Waals surface area contributed by atoms with Crippen molar-refractivity contribution in [3.05, 3.63) is 12.7 Å². The molecular weight excluding hydrogens is 182 g/mol. The minimum absolute atomic E-state index is 0.0954. The minimum atomic E-state index is -0.0954. The zero-order chi connectivity index (χ0) is 10.5. The molecule has 0 aliphatic rings. The molecule has 1 amide bonds. The number of nitrogens with one attached hydrogen (secondary N) is 1. The summed E-state index contributed by atoms with van der Waals surface area (Å²) in [5, 5.41) is 2.82. The molecule has 0 spiro atoms. The highest BCUT2D eigenvalue weighted by molar-refractivity contribution is 8.00. The molecule has 1 atom stereocenters. The van der Waals surface area contributed by atoms with Crippen LogP contribution in [0.3, 0.4) is 0 Å². The van der Waals surface area contributed by atoms with Gasteiger partial charge in [-0.2, -0.15) is 11.8 Å². The van der Waals surface area contributed by atoms with Crippen molar-refractivity contribution >= 4 is 17.7 Å². The van der Waals surface area contributed by atoms with Gasteiger partial charge in [-0.3, -0.25) is 4.79 Å². The van der Waals surface area contributed by atoms with Crippen molar-refractivity contribution in [2.24, 2.45) is 0 Å². The zero-order valence-electron chi connectivity index (χ0n) is 8.89. The summed E-state index contributed by atoms with van der Waals surface area (Å²) in [6.45, 7) is 11.9. The second-order valence-electron chi connectivity index (χ2n) is 4.04. The van der Waals surface area contributed by atoms with Crippen molar-refractivity contribution in [3.63, 3.8) is 0 Å². The fourth-order valence-electron chi connectivity index (χ4n) is 0.718. The maximum absolute atomic E-state index is 10.9. The SMILES string of the molecule is C=CC(=O)NC(C)CSC(C)(C)C. The van der Waals surface area contributed by atoms with Crippen molar-refractivity contribution in [1.82, 2.24) is 5.32 Å². The first-order valence-electron chi connectivity index (χ1n) is 4.42. The molecule has 3 heteroatoms. The molecular formula is C10H19NOS. The molecule has 0 aromatic carbocycles. The summed E-state index contributed by atoms with van der Waals surface area (Å²) in [4.78, 5) is 10.9. The van der Waals surface area contributed by atoms with Gasteiger partial charge in [-0.1, -0.05) is 27.4 Å². The first kappa shape index (κ1) is 12.6. The molecule has 0 fully saturated rings. The first-order chi connectivity index (χ1) is 5.85. The predicted molar refractivity (Wildman–Crippen MR) is 60.0 cm³/mol. The van der Waals surface area contributed by atoms with Gasteiger partial charge in [0.05, 0.1) is 0 Å². The van der Waals surface area contributed by atoms with Gasteiger partial charge in [0, 0.05) is 16.5 Å². The molecule has 0 rings (SSSR count). The van der Waals surface area contributed by atoms with Crippen LogP contribution in [-0.4, -0.2) is 22.4 Å². The molecule has 1 unspecified atom stereocenters. The molecule has 13 heavy (non-hydrogen) atoms. The summed E-state index contributed by atoms with van der Waals surface area (Å²) >= 11 is 1.85. The van der Waals surface area contributed by atoms with Crippen LogP contribution in [0.5, 0.6) is 0 Å². The van der Waals surface area contributed by atoms with Gasteiger partial charge in [-0.15, -0.1) is 0 Å². The van der Waals surface area contributed by atoms with E-state index in [1.165, 1.54) is 6.08 Å². The lowest BCUT2D eigenvalue weighted by Gasteiger charge is -2.20. The van der Waals surface area contributed by atoms with Crippen LogP contribution >= 0.6 is 11.8 Å². The van der Waals surface area contributed by atoms with Crippen LogP contribution in [0.4, 0.5) is 0 Å². The van der Waals surface area contributed by atoms with Gasteiger partial charge in [0.15, 0.2) is 0 Å². The second-order valence-corrected chi connectivity index (χ2v) is 5.88. The molecule has 0 aliphatic heterocycles. The third kappa shape index (κ3) is 7.91. The van der Waals surface area contributed by atoms with E-state index in [0.717, 1.165) is 5.75 Å². The Morgan fingerprint density at radius 2 is 2.15 bits per heavy atom. The summed E-state index contributed by atoms with van der Waals surface area (Å²) in [6.07, 6.45) is 1.30. The average molecular weight is 201 g/mol. The van der Waals surface area contributed by atoms with Crippen molar-refractivity contribution in [2.45, 2.75) is 38.5 Å². The van der Waals surface area contributed by atoms with Gasteiger partial charge in [0.2, 0.25) is 5.91 Å². The number of carbonyl (C=O) groups excluding carboxylic acids is 1. The van der Waals surface area contributed by atoms with Gasteiger partial charge in [0.1, 0.15) is 0 Å². The molecule has 0 bridgehead atoms. The second kappa shape index (κ2) is 5.32. The lowest BCUT2D eigenvalue weighted by Crippen LogP contribution is -2.33. The lowest BCUT2D eigenvalue weighted by molar-refractivity contribution is -0.116. The highest BCUT2D eigenvalue weighted by Gasteiger charge is 2.13. The summed E-state index contributed by atoms with van der Waals surface area (Å²) in [7, 11) is 0. The van der Waals surface area contributed by atoms with Crippen molar-refractivity contribution in [3.8, 4) is 0 Å². The van der Waals surface area contributed by atoms with Crippen molar-refractivity contribution in [2.75, 3.05) is 5.75 Å². The van der Waals surface area contributed by atoms with Crippen LogP contribution < -0.4 is 5.32 Å². The number of rotatable bonds is 4. The van der Waals surface area contributed by atoms with Crippen LogP contribution in [0, 0.1) is 0 Å². The van der Waals surface area contributed by atoms with E-state index in [9.17, 15) is 4.79 Å². The van der Waals surface area contributed by atoms with Crippen LogP contribution in [0.2, 0.25) is 0 Å². The Balaban J connectivity index is 3.69. The molecule has 0 heterocycles. The Hall–Kier alpha value is -0.440. The lowest BCUT2D eigenvalue weighted by atomic mass is 10.3. The summed E-state index contributed by atoms with van der Waals surface area (Å²) in [5.74, 6) is 0.838. The topological polar surface area (TPSA) is 29.1 Å². The Morgan fingerprint density at radius 1 is 1.62 bits per heavy atom. The van der Waals surface area contributed by atoms with Gasteiger partial charge in [-0.25, -0.2) is 0 Å². The van der Waals surface area contributed by atoms with E-state index in [2.05, 4.69) is 32.7 Å². The van der Waals surface area contributed by atoms with E-state index in [1.54, 1.807) is 0 Å². The van der Waals surface area contributed by atoms with E-state index in [1.807, 2.05) is 18.7 Å². The third-order valence-electron chi connectivity index (χ3n) is 1.34. The molecule has 0 radical (unpaired) electrons. The van der Waals surface area contributed by atoms with E-state index in [-0.39, 0.29) is 16.7 Å². The summed E-state index contributed by atoms with van der Waals surface area (Å²) in [6, 6.07) is 0.203. The Bertz CT molecular complexity index is 184. The highest BCUT2D eigenvalue weighted by Crippen LogP contribution is 2.23. The molecule has 1 N–H and O–H groups in total. The van der Waals surface area contributed by atoms with Crippen LogP contribution in [0.1, 0.15) is 27.7 Å². The fourth-order valence-corrected chi connectivity index (χ4v) is 1.55. The zero-order valence-corrected chi connectivity index (χ0v) is 9.70. The normalized spacial score (nSPS) is 13.5. The Kier molecular flexibility index (Phi) is 5.14. The number of thioether (sulfide) groups is 1. The molecule has 2 nitrogen and oxygen atoms in total. The van der Waals surface area contributed by atoms with Crippen molar-refractivity contribution in [1.29, 1.82) is 0 Å². The number of hydrogen-bond acceptors (Lipinski definition) is 2.